The van der Waals surface area contributed by atoms with Crippen LogP contribution >= 0.6 is 0 Å². The highest BCUT2D eigenvalue weighted by atomic mass is 19.3. The Balaban J connectivity index is 2.10. The number of nitrogen functional groups attached to an aromatic ring is 1. The summed E-state index contributed by atoms with van der Waals surface area (Å²) in [5.41, 5.74) is 4.92. The van der Waals surface area contributed by atoms with Gasteiger partial charge in [-0.3, -0.25) is 14.3 Å². The summed E-state index contributed by atoms with van der Waals surface area (Å²) in [5.74, 6) is -0.149. The van der Waals surface area contributed by atoms with Gasteiger partial charge in [0.15, 0.2) is 23.5 Å². The number of ether oxygens (including phenoxy) is 1. The number of hydrogen-bond acceptors (Lipinski definition) is 8. The van der Waals surface area contributed by atoms with Crippen LogP contribution in [0.1, 0.15) is 6.23 Å². The van der Waals surface area contributed by atoms with Crippen molar-refractivity contribution in [2.45, 2.75) is 24.5 Å². The summed E-state index contributed by atoms with van der Waals surface area (Å²) in [6, 6.07) is 0. The fourth-order valence-electron chi connectivity index (χ4n) is 2.32. The molecule has 10 nitrogen and oxygen atoms in total. The van der Waals surface area contributed by atoms with Gasteiger partial charge in [0.25, 0.3) is 5.56 Å². The van der Waals surface area contributed by atoms with E-state index < -0.39 is 36.7 Å². The highest BCUT2D eigenvalue weighted by molar-refractivity contribution is 5.70. The van der Waals surface area contributed by atoms with Crippen LogP contribution in [0.3, 0.4) is 0 Å². The van der Waals surface area contributed by atoms with E-state index in [-0.39, 0.29) is 17.1 Å². The molecule has 0 amide bonds. The van der Waals surface area contributed by atoms with Crippen LogP contribution < -0.4 is 11.3 Å². The topological polar surface area (TPSA) is 149 Å². The molecule has 0 aliphatic carbocycles. The molecule has 0 aromatic carbocycles. The lowest BCUT2D eigenvalue weighted by atomic mass is 10.1. The Hall–Kier alpha value is -2.08. The molecule has 1 saturated heterocycles. The fraction of sp³-hybridized carbons (Fsp3) is 0.500. The van der Waals surface area contributed by atoms with Gasteiger partial charge in [-0.2, -0.15) is 9.93 Å². The predicted octanol–water partition coefficient (Wildman–Crippen LogP) is -1.78. The third-order valence-electron chi connectivity index (χ3n) is 3.32. The minimum absolute atomic E-state index is 0.0210. The van der Waals surface area contributed by atoms with Gasteiger partial charge in [0, 0.05) is 0 Å². The Morgan fingerprint density at radius 2 is 2.38 bits per heavy atom. The maximum atomic E-state index is 12.7. The number of halogens is 1. The molecule has 3 heterocycles. The lowest BCUT2D eigenvalue weighted by Gasteiger charge is -2.17. The molecule has 11 heteroatoms. The van der Waals surface area contributed by atoms with Crippen molar-refractivity contribution in [2.24, 2.45) is 0 Å². The number of rotatable bonds is 3. The maximum Gasteiger partial charge on any atom is 0.280 e. The first-order chi connectivity index (χ1) is 10.1. The van der Waals surface area contributed by atoms with Crippen molar-refractivity contribution >= 4 is 17.1 Å². The van der Waals surface area contributed by atoms with Crippen LogP contribution in [0.25, 0.3) is 11.2 Å². The molecule has 2 aromatic rings. The van der Waals surface area contributed by atoms with E-state index in [1.165, 1.54) is 10.9 Å². The molecule has 0 bridgehead atoms. The van der Waals surface area contributed by atoms with Gasteiger partial charge in [-0.1, -0.05) is 0 Å². The van der Waals surface area contributed by atoms with Gasteiger partial charge in [-0.15, -0.1) is 0 Å². The van der Waals surface area contributed by atoms with Gasteiger partial charge in [0.05, 0.1) is 12.9 Å². The molecule has 5 N–H and O–H groups in total. The predicted molar refractivity (Wildman–Crippen MR) is 65.5 cm³/mol. The first-order valence-electron chi connectivity index (χ1n) is 6.01. The van der Waals surface area contributed by atoms with Crippen molar-refractivity contribution in [1.29, 1.82) is 0 Å². The van der Waals surface area contributed by atoms with Crippen molar-refractivity contribution in [3.05, 3.63) is 16.7 Å². The largest absolute Gasteiger partial charge is 0.394 e. The van der Waals surface area contributed by atoms with Gasteiger partial charge in [0.1, 0.15) is 12.2 Å². The minimum atomic E-state index is -1.40. The molecule has 114 valence electrons. The van der Waals surface area contributed by atoms with Crippen LogP contribution in [0.4, 0.5) is 10.5 Å². The SMILES string of the molecule is Nc1nc2c(ncn2C2OC(CO)C(O)C2OF)c(=O)[nH]1. The van der Waals surface area contributed by atoms with Crippen molar-refractivity contribution in [1.82, 2.24) is 19.5 Å². The van der Waals surface area contributed by atoms with E-state index in [0.29, 0.717) is 0 Å². The second-order valence-electron chi connectivity index (χ2n) is 4.57. The second-order valence-corrected chi connectivity index (χ2v) is 4.57. The van der Waals surface area contributed by atoms with Crippen molar-refractivity contribution in [3.63, 3.8) is 0 Å². The van der Waals surface area contributed by atoms with E-state index >= 15 is 0 Å². The Labute approximate surface area is 115 Å². The molecule has 0 spiro atoms. The highest BCUT2D eigenvalue weighted by Crippen LogP contribution is 2.33. The number of nitrogens with one attached hydrogen (secondary N) is 1. The van der Waals surface area contributed by atoms with Gasteiger partial charge in [-0.25, -0.2) is 4.98 Å². The maximum absolute atomic E-state index is 12.7. The van der Waals surface area contributed by atoms with E-state index in [4.69, 9.17) is 15.6 Å². The van der Waals surface area contributed by atoms with E-state index in [1.54, 1.807) is 0 Å². The molecule has 4 unspecified atom stereocenters. The quantitative estimate of drug-likeness (QED) is 0.520. The number of hydrogen-bond donors (Lipinski definition) is 4. The normalized spacial score (nSPS) is 29.3. The van der Waals surface area contributed by atoms with E-state index in [0.717, 1.165) is 0 Å². The highest BCUT2D eigenvalue weighted by Gasteiger charge is 2.47. The number of aliphatic hydroxyl groups is 2. The summed E-state index contributed by atoms with van der Waals surface area (Å²) >= 11 is 0. The van der Waals surface area contributed by atoms with Crippen LogP contribution in [-0.4, -0.2) is 54.7 Å². The number of nitrogens with zero attached hydrogens (tertiary/aromatic N) is 3. The third-order valence-corrected chi connectivity index (χ3v) is 3.32. The lowest BCUT2D eigenvalue weighted by Crippen LogP contribution is -2.34. The molecule has 3 rings (SSSR count). The van der Waals surface area contributed by atoms with Crippen LogP contribution in [0.2, 0.25) is 0 Å². The first kappa shape index (κ1) is 13.9. The third kappa shape index (κ3) is 2.06. The van der Waals surface area contributed by atoms with Gasteiger partial charge < -0.3 is 20.7 Å². The molecular weight excluding hydrogens is 289 g/mol. The smallest absolute Gasteiger partial charge is 0.280 e. The molecule has 2 aromatic heterocycles. The Morgan fingerprint density at radius 1 is 1.62 bits per heavy atom. The zero-order valence-corrected chi connectivity index (χ0v) is 10.5. The average molecular weight is 301 g/mol. The molecule has 1 fully saturated rings. The first-order valence-corrected chi connectivity index (χ1v) is 6.01. The minimum Gasteiger partial charge on any atom is -0.394 e. The molecule has 4 atom stereocenters. The van der Waals surface area contributed by atoms with E-state index in [2.05, 4.69) is 19.9 Å². The number of fused-ring (bicyclic) bond motifs is 1. The number of imidazole rings is 1. The number of aliphatic hydroxyl groups excluding tert-OH is 2. The molecule has 0 saturated carbocycles. The Kier molecular flexibility index (Phi) is 3.33. The monoisotopic (exact) mass is 301 g/mol. The molecular formula is C10H12FN5O5. The van der Waals surface area contributed by atoms with Crippen molar-refractivity contribution < 1.29 is 24.4 Å². The van der Waals surface area contributed by atoms with Crippen LogP contribution in [0, 0.1) is 0 Å². The number of aromatic nitrogens is 4. The number of aromatic amines is 1. The van der Waals surface area contributed by atoms with Crippen molar-refractivity contribution in [3.8, 4) is 0 Å². The number of nitrogens with two attached hydrogens (primary N) is 1. The van der Waals surface area contributed by atoms with Crippen LogP contribution in [0.15, 0.2) is 11.1 Å². The average Bonchev–Trinajstić information content (AvgIpc) is 2.99. The summed E-state index contributed by atoms with van der Waals surface area (Å²) in [7, 11) is 0. The van der Waals surface area contributed by atoms with Crippen molar-refractivity contribution in [2.75, 3.05) is 12.3 Å². The lowest BCUT2D eigenvalue weighted by molar-refractivity contribution is -0.220. The molecule has 0 radical (unpaired) electrons. The summed E-state index contributed by atoms with van der Waals surface area (Å²) in [4.78, 5) is 25.4. The van der Waals surface area contributed by atoms with E-state index in [1.807, 2.05) is 0 Å². The molecule has 1 aliphatic rings. The summed E-state index contributed by atoms with van der Waals surface area (Å²) in [5, 5.41) is 18.9. The summed E-state index contributed by atoms with van der Waals surface area (Å²) in [6.07, 6.45) is -3.78. The van der Waals surface area contributed by atoms with Gasteiger partial charge >= 0.3 is 0 Å². The van der Waals surface area contributed by atoms with Gasteiger partial charge in [0.2, 0.25) is 5.95 Å². The summed E-state index contributed by atoms with van der Waals surface area (Å²) in [6.45, 7) is -0.527. The zero-order valence-electron chi connectivity index (χ0n) is 10.5. The molecule has 1 aliphatic heterocycles. The van der Waals surface area contributed by atoms with Crippen LogP contribution in [-0.2, 0) is 9.68 Å². The standard InChI is InChI=1S/C10H12FN5O5/c11-21-6-5(18)3(1-17)20-9(6)16-2-13-4-7(16)14-10(12)15-8(4)19/h2-3,5-6,9,17-18H,1H2,(H3,12,14,15,19). The fourth-order valence-corrected chi connectivity index (χ4v) is 2.32. The number of H-pyrrole nitrogens is 1. The molecule has 21 heavy (non-hydrogen) atoms. The Morgan fingerprint density at radius 3 is 3.05 bits per heavy atom. The van der Waals surface area contributed by atoms with E-state index in [9.17, 15) is 14.4 Å². The number of anilines is 1. The zero-order chi connectivity index (χ0) is 15.1. The second kappa shape index (κ2) is 5.04. The Bertz CT molecular complexity index is 717. The van der Waals surface area contributed by atoms with Gasteiger partial charge in [-0.05, 0) is 4.53 Å². The summed E-state index contributed by atoms with van der Waals surface area (Å²) < 4.78 is 19.2. The van der Waals surface area contributed by atoms with Crippen LogP contribution in [0.5, 0.6) is 0 Å².